The van der Waals surface area contributed by atoms with Gasteiger partial charge >= 0.3 is 6.18 Å². The average molecular weight is 610 g/mol. The van der Waals surface area contributed by atoms with E-state index in [0.717, 1.165) is 36.6 Å². The molecule has 1 fully saturated rings. The number of carbonyl (C=O) groups excluding carboxylic acids is 2. The lowest BCUT2D eigenvalue weighted by Crippen LogP contribution is -2.40. The molecule has 2 aromatic carbocycles. The number of carbonyl (C=O) groups is 2. The number of hydrogen-bond donors (Lipinski definition) is 2. The predicted octanol–water partition coefficient (Wildman–Crippen LogP) is 5.41. The van der Waals surface area contributed by atoms with Gasteiger partial charge in [-0.25, -0.2) is 14.6 Å². The zero-order valence-electron chi connectivity index (χ0n) is 24.7. The fourth-order valence-electron chi connectivity index (χ4n) is 5.06. The quantitative estimate of drug-likeness (QED) is 0.268. The van der Waals surface area contributed by atoms with Crippen LogP contribution in [0.3, 0.4) is 0 Å². The molecule has 2 amide bonds. The van der Waals surface area contributed by atoms with Crippen molar-refractivity contribution in [1.29, 1.82) is 0 Å². The van der Waals surface area contributed by atoms with Crippen LogP contribution in [0, 0.1) is 0 Å². The molecule has 0 bridgehead atoms. The van der Waals surface area contributed by atoms with Gasteiger partial charge in [0, 0.05) is 25.2 Å². The zero-order chi connectivity index (χ0) is 32.0. The minimum Gasteiger partial charge on any atom is -0.496 e. The van der Waals surface area contributed by atoms with Crippen LogP contribution in [0.4, 0.5) is 19.0 Å². The molecule has 1 saturated heterocycles. The standard InChI is InChI=1S/C29H28F3N7O3.C2H6/c1-3-23(40)38-12-4-5-20(15-38)39-27-24(26(33)35-16-36-27)25(37-39)18-8-6-17(7-9-18)14-34-28(41)21-13-19(29(30,31)32)10-11-22(21)42-2;1-2/h3,6-11,13,16,20H,1,4-5,12,14-15H2,2H3,(H,34,41)(H2,33,35,36);1-2H3. The van der Waals surface area contributed by atoms with Crippen molar-refractivity contribution < 1.29 is 27.5 Å². The van der Waals surface area contributed by atoms with Crippen LogP contribution in [0.5, 0.6) is 5.75 Å². The predicted molar refractivity (Wildman–Crippen MR) is 161 cm³/mol. The molecule has 44 heavy (non-hydrogen) atoms. The molecule has 0 spiro atoms. The number of piperidine rings is 1. The van der Waals surface area contributed by atoms with E-state index in [2.05, 4.69) is 21.9 Å². The van der Waals surface area contributed by atoms with E-state index in [9.17, 15) is 22.8 Å². The van der Waals surface area contributed by atoms with Crippen molar-refractivity contribution in [3.63, 3.8) is 0 Å². The number of methoxy groups -OCH3 is 1. The molecule has 1 atom stereocenters. The molecule has 1 unspecified atom stereocenters. The summed E-state index contributed by atoms with van der Waals surface area (Å²) < 4.78 is 46.4. The molecule has 0 aliphatic carbocycles. The number of amides is 2. The molecule has 5 rings (SSSR count). The zero-order valence-corrected chi connectivity index (χ0v) is 24.7. The number of benzene rings is 2. The number of alkyl halides is 3. The number of fused-ring (bicyclic) bond motifs is 1. The van der Waals surface area contributed by atoms with Gasteiger partial charge in [-0.15, -0.1) is 0 Å². The van der Waals surface area contributed by atoms with Crippen LogP contribution in [0.2, 0.25) is 0 Å². The van der Waals surface area contributed by atoms with Crippen LogP contribution in [0.1, 0.15) is 54.2 Å². The molecule has 3 N–H and O–H groups in total. The van der Waals surface area contributed by atoms with Gasteiger partial charge < -0.3 is 20.7 Å². The second kappa shape index (κ2) is 13.6. The Morgan fingerprint density at radius 2 is 1.89 bits per heavy atom. The van der Waals surface area contributed by atoms with E-state index in [-0.39, 0.29) is 35.6 Å². The normalized spacial score (nSPS) is 14.9. The van der Waals surface area contributed by atoms with E-state index in [1.807, 2.05) is 13.8 Å². The Labute approximate surface area is 252 Å². The van der Waals surface area contributed by atoms with Crippen LogP contribution in [0.15, 0.2) is 61.4 Å². The molecule has 0 saturated carbocycles. The third-order valence-electron chi connectivity index (χ3n) is 7.20. The Bertz CT molecular complexity index is 1650. The molecule has 1 aliphatic rings. The molecule has 1 aliphatic heterocycles. The minimum atomic E-state index is -4.60. The second-order valence-corrected chi connectivity index (χ2v) is 9.83. The summed E-state index contributed by atoms with van der Waals surface area (Å²) in [6.45, 7) is 8.75. The molecule has 10 nitrogen and oxygen atoms in total. The van der Waals surface area contributed by atoms with Crippen LogP contribution in [0.25, 0.3) is 22.3 Å². The van der Waals surface area contributed by atoms with Crippen molar-refractivity contribution in [2.45, 2.75) is 45.5 Å². The van der Waals surface area contributed by atoms with Gasteiger partial charge in [0.25, 0.3) is 5.91 Å². The first kappa shape index (κ1) is 32.0. The first-order valence-corrected chi connectivity index (χ1v) is 14.1. The number of nitrogens with two attached hydrogens (primary N) is 1. The van der Waals surface area contributed by atoms with E-state index in [1.54, 1.807) is 33.8 Å². The number of halogens is 3. The monoisotopic (exact) mass is 609 g/mol. The summed E-state index contributed by atoms with van der Waals surface area (Å²) in [4.78, 5) is 35.3. The first-order chi connectivity index (χ1) is 21.1. The van der Waals surface area contributed by atoms with Gasteiger partial charge in [-0.3, -0.25) is 9.59 Å². The lowest BCUT2D eigenvalue weighted by atomic mass is 10.1. The summed E-state index contributed by atoms with van der Waals surface area (Å²) in [5.74, 6) is -0.539. The summed E-state index contributed by atoms with van der Waals surface area (Å²) in [6, 6.07) is 9.79. The molecule has 4 aromatic rings. The third kappa shape index (κ3) is 6.66. The Morgan fingerprint density at radius 1 is 1.16 bits per heavy atom. The Kier molecular flexibility index (Phi) is 9.87. The van der Waals surface area contributed by atoms with Gasteiger partial charge in [0.15, 0.2) is 5.65 Å². The van der Waals surface area contributed by atoms with E-state index < -0.39 is 17.6 Å². The molecule has 232 valence electrons. The van der Waals surface area contributed by atoms with Crippen molar-refractivity contribution in [2.75, 3.05) is 25.9 Å². The van der Waals surface area contributed by atoms with Gasteiger partial charge in [0.05, 0.1) is 29.7 Å². The van der Waals surface area contributed by atoms with Crippen molar-refractivity contribution in [1.82, 2.24) is 30.0 Å². The smallest absolute Gasteiger partial charge is 0.416 e. The number of nitrogens with one attached hydrogen (secondary N) is 1. The fraction of sp³-hybridized carbons (Fsp3) is 0.323. The summed E-state index contributed by atoms with van der Waals surface area (Å²) in [5.41, 5.74) is 7.65. The van der Waals surface area contributed by atoms with Crippen molar-refractivity contribution in [2.24, 2.45) is 0 Å². The highest BCUT2D eigenvalue weighted by atomic mass is 19.4. The summed E-state index contributed by atoms with van der Waals surface area (Å²) >= 11 is 0. The van der Waals surface area contributed by atoms with E-state index in [4.69, 9.17) is 15.6 Å². The molecule has 0 radical (unpaired) electrons. The summed E-state index contributed by atoms with van der Waals surface area (Å²) in [5, 5.41) is 8.08. The lowest BCUT2D eigenvalue weighted by molar-refractivity contribution is -0.137. The van der Waals surface area contributed by atoms with Crippen LogP contribution >= 0.6 is 0 Å². The van der Waals surface area contributed by atoms with Crippen molar-refractivity contribution in [3.8, 4) is 17.0 Å². The highest BCUT2D eigenvalue weighted by molar-refractivity contribution is 5.98. The number of aromatic nitrogens is 4. The number of ether oxygens (including phenoxy) is 1. The van der Waals surface area contributed by atoms with Gasteiger partial charge in [0.2, 0.25) is 5.91 Å². The van der Waals surface area contributed by atoms with E-state index in [0.29, 0.717) is 35.4 Å². The van der Waals surface area contributed by atoms with Crippen LogP contribution in [-0.4, -0.2) is 56.7 Å². The largest absolute Gasteiger partial charge is 0.496 e. The number of likely N-dealkylation sites (tertiary alicyclic amines) is 1. The molecular weight excluding hydrogens is 575 g/mol. The maximum atomic E-state index is 13.2. The Hall–Kier alpha value is -4.94. The minimum absolute atomic E-state index is 0.0352. The third-order valence-corrected chi connectivity index (χ3v) is 7.20. The average Bonchev–Trinajstić information content (AvgIpc) is 3.44. The number of rotatable bonds is 7. The number of nitrogens with zero attached hydrogens (tertiary/aromatic N) is 5. The van der Waals surface area contributed by atoms with Crippen LogP contribution in [-0.2, 0) is 17.5 Å². The molecule has 13 heteroatoms. The SMILES string of the molecule is C=CC(=O)N1CCCC(n2nc(-c3ccc(CNC(=O)c4cc(C(F)(F)F)ccc4OC)cc3)c3c(N)ncnc32)C1.CC. The second-order valence-electron chi connectivity index (χ2n) is 9.83. The maximum absolute atomic E-state index is 13.2. The van der Waals surface area contributed by atoms with E-state index >= 15 is 0 Å². The highest BCUT2D eigenvalue weighted by Gasteiger charge is 2.32. The first-order valence-electron chi connectivity index (χ1n) is 14.1. The van der Waals surface area contributed by atoms with Crippen LogP contribution < -0.4 is 15.8 Å². The fourth-order valence-corrected chi connectivity index (χ4v) is 5.06. The number of nitrogen functional groups attached to an aromatic ring is 1. The van der Waals surface area contributed by atoms with Gasteiger partial charge in [-0.2, -0.15) is 18.3 Å². The van der Waals surface area contributed by atoms with Crippen molar-refractivity contribution in [3.05, 3.63) is 78.1 Å². The Balaban J connectivity index is 0.00000216. The lowest BCUT2D eigenvalue weighted by Gasteiger charge is -2.32. The van der Waals surface area contributed by atoms with Gasteiger partial charge in [0.1, 0.15) is 23.6 Å². The number of hydrogen-bond acceptors (Lipinski definition) is 7. The Morgan fingerprint density at radius 3 is 2.55 bits per heavy atom. The topological polar surface area (TPSA) is 128 Å². The number of anilines is 1. The highest BCUT2D eigenvalue weighted by Crippen LogP contribution is 2.35. The van der Waals surface area contributed by atoms with Gasteiger partial charge in [-0.05, 0) is 42.7 Å². The molecular formula is C31H34F3N7O3. The van der Waals surface area contributed by atoms with Crippen molar-refractivity contribution >= 4 is 28.7 Å². The van der Waals surface area contributed by atoms with E-state index in [1.165, 1.54) is 19.5 Å². The molecule has 2 aromatic heterocycles. The maximum Gasteiger partial charge on any atom is 0.416 e. The summed E-state index contributed by atoms with van der Waals surface area (Å²) in [6.07, 6.45) is -0.317. The molecule has 3 heterocycles. The van der Waals surface area contributed by atoms with Gasteiger partial charge in [-0.1, -0.05) is 44.7 Å². The summed E-state index contributed by atoms with van der Waals surface area (Å²) in [7, 11) is 1.28.